The van der Waals surface area contributed by atoms with Crippen molar-refractivity contribution in [2.75, 3.05) is 10.5 Å². The van der Waals surface area contributed by atoms with Gasteiger partial charge in [0.25, 0.3) is 0 Å². The van der Waals surface area contributed by atoms with Crippen LogP contribution in [0.15, 0.2) is 34.8 Å². The van der Waals surface area contributed by atoms with Gasteiger partial charge in [-0.2, -0.15) is 0 Å². The molecule has 2 rings (SSSR count). The van der Waals surface area contributed by atoms with Gasteiger partial charge >= 0.3 is 5.97 Å². The second kappa shape index (κ2) is 7.36. The first-order valence-electron chi connectivity index (χ1n) is 6.83. The molecule has 0 aliphatic carbocycles. The smallest absolute Gasteiger partial charge is 0.337 e. The number of hydrogen-bond donors (Lipinski definition) is 2. The van der Waals surface area contributed by atoms with Gasteiger partial charge in [0.1, 0.15) is 11.6 Å². The van der Waals surface area contributed by atoms with Gasteiger partial charge in [0.05, 0.1) is 21.5 Å². The number of hydrogen-bond acceptors (Lipinski definition) is 4. The number of benzene rings is 2. The van der Waals surface area contributed by atoms with Crippen molar-refractivity contribution in [1.29, 1.82) is 0 Å². The standard InChI is InChI=1S/C15H12BrF2NO5S/c1-2-25(22,23)19-12-7-10(16)14(6-9(12)15(20)21)24-13-4-3-8(17)5-11(13)18/h3-7,19H,2H2,1H3,(H,20,21). The summed E-state index contributed by atoms with van der Waals surface area (Å²) in [5.74, 6) is -3.82. The molecule has 0 spiro atoms. The highest BCUT2D eigenvalue weighted by atomic mass is 79.9. The van der Waals surface area contributed by atoms with Gasteiger partial charge < -0.3 is 9.84 Å². The maximum absolute atomic E-state index is 13.7. The fourth-order valence-corrected chi connectivity index (χ4v) is 2.88. The third kappa shape index (κ3) is 4.67. The number of halogens is 3. The Bertz CT molecular complexity index is 934. The SMILES string of the molecule is CCS(=O)(=O)Nc1cc(Br)c(Oc2ccc(F)cc2F)cc1C(=O)O. The van der Waals surface area contributed by atoms with Crippen LogP contribution >= 0.6 is 15.9 Å². The highest BCUT2D eigenvalue weighted by molar-refractivity contribution is 9.10. The second-order valence-electron chi connectivity index (χ2n) is 4.82. The molecule has 0 saturated carbocycles. The molecule has 0 saturated heterocycles. The van der Waals surface area contributed by atoms with E-state index in [9.17, 15) is 27.1 Å². The number of aromatic carboxylic acids is 1. The van der Waals surface area contributed by atoms with Gasteiger partial charge in [-0.3, -0.25) is 4.72 Å². The molecule has 2 aromatic carbocycles. The predicted molar refractivity (Wildman–Crippen MR) is 90.6 cm³/mol. The molecule has 6 nitrogen and oxygen atoms in total. The van der Waals surface area contributed by atoms with Gasteiger partial charge in [-0.15, -0.1) is 0 Å². The maximum Gasteiger partial charge on any atom is 0.337 e. The van der Waals surface area contributed by atoms with Crippen LogP contribution < -0.4 is 9.46 Å². The van der Waals surface area contributed by atoms with Crippen LogP contribution in [0, 0.1) is 11.6 Å². The molecule has 0 aliphatic rings. The number of carbonyl (C=O) groups is 1. The molecule has 0 amide bonds. The minimum atomic E-state index is -3.71. The summed E-state index contributed by atoms with van der Waals surface area (Å²) < 4.78 is 57.6. The Labute approximate surface area is 150 Å². The van der Waals surface area contributed by atoms with Gasteiger partial charge in [-0.25, -0.2) is 22.0 Å². The molecule has 0 heterocycles. The topological polar surface area (TPSA) is 92.7 Å². The molecule has 134 valence electrons. The van der Waals surface area contributed by atoms with E-state index in [2.05, 4.69) is 20.7 Å². The van der Waals surface area contributed by atoms with Crippen molar-refractivity contribution in [3.05, 3.63) is 52.0 Å². The van der Waals surface area contributed by atoms with Crippen LogP contribution in [-0.2, 0) is 10.0 Å². The highest BCUT2D eigenvalue weighted by Crippen LogP contribution is 2.36. The first kappa shape index (κ1) is 19.1. The third-order valence-electron chi connectivity index (χ3n) is 3.06. The van der Waals surface area contributed by atoms with E-state index in [-0.39, 0.29) is 27.4 Å². The summed E-state index contributed by atoms with van der Waals surface area (Å²) >= 11 is 3.11. The number of carboxylic acid groups (broad SMARTS) is 1. The number of carboxylic acids is 1. The summed E-state index contributed by atoms with van der Waals surface area (Å²) in [6.07, 6.45) is 0. The molecule has 10 heteroatoms. The van der Waals surface area contributed by atoms with Crippen molar-refractivity contribution in [1.82, 2.24) is 0 Å². The monoisotopic (exact) mass is 435 g/mol. The Hall–Kier alpha value is -2.20. The second-order valence-corrected chi connectivity index (χ2v) is 7.68. The molecule has 0 radical (unpaired) electrons. The minimum absolute atomic E-state index is 0.0812. The summed E-state index contributed by atoms with van der Waals surface area (Å²) in [4.78, 5) is 11.4. The molecule has 0 unspecified atom stereocenters. The summed E-state index contributed by atoms with van der Waals surface area (Å²) in [5.41, 5.74) is -0.564. The molecular formula is C15H12BrF2NO5S. The Morgan fingerprint density at radius 1 is 1.24 bits per heavy atom. The average Bonchev–Trinajstić information content (AvgIpc) is 2.51. The fraction of sp³-hybridized carbons (Fsp3) is 0.133. The summed E-state index contributed by atoms with van der Waals surface area (Å²) in [5, 5.41) is 9.28. The Kier molecular flexibility index (Phi) is 5.63. The highest BCUT2D eigenvalue weighted by Gasteiger charge is 2.19. The lowest BCUT2D eigenvalue weighted by Gasteiger charge is -2.14. The fourth-order valence-electron chi connectivity index (χ4n) is 1.81. The summed E-state index contributed by atoms with van der Waals surface area (Å²) in [6, 6.07) is 4.86. The molecular weight excluding hydrogens is 424 g/mol. The zero-order chi connectivity index (χ0) is 18.8. The van der Waals surface area contributed by atoms with E-state index in [0.29, 0.717) is 6.07 Å². The van der Waals surface area contributed by atoms with Gasteiger partial charge in [0, 0.05) is 6.07 Å². The van der Waals surface area contributed by atoms with E-state index in [1.165, 1.54) is 13.0 Å². The van der Waals surface area contributed by atoms with Crippen molar-refractivity contribution >= 4 is 37.6 Å². The quantitative estimate of drug-likeness (QED) is 0.715. The number of sulfonamides is 1. The van der Waals surface area contributed by atoms with Crippen LogP contribution in [0.3, 0.4) is 0 Å². The largest absolute Gasteiger partial charge is 0.478 e. The normalized spacial score (nSPS) is 11.2. The zero-order valence-corrected chi connectivity index (χ0v) is 15.1. The molecule has 25 heavy (non-hydrogen) atoms. The van der Waals surface area contributed by atoms with E-state index < -0.39 is 33.2 Å². The van der Waals surface area contributed by atoms with Crippen LogP contribution in [0.5, 0.6) is 11.5 Å². The van der Waals surface area contributed by atoms with E-state index >= 15 is 0 Å². The van der Waals surface area contributed by atoms with Crippen LogP contribution in [0.2, 0.25) is 0 Å². The van der Waals surface area contributed by atoms with Crippen molar-refractivity contribution in [2.24, 2.45) is 0 Å². The van der Waals surface area contributed by atoms with Crippen molar-refractivity contribution in [3.63, 3.8) is 0 Å². The average molecular weight is 436 g/mol. The van der Waals surface area contributed by atoms with Crippen molar-refractivity contribution in [2.45, 2.75) is 6.92 Å². The van der Waals surface area contributed by atoms with Crippen LogP contribution in [-0.4, -0.2) is 25.2 Å². The number of nitrogens with one attached hydrogen (secondary N) is 1. The maximum atomic E-state index is 13.7. The van der Waals surface area contributed by atoms with Crippen molar-refractivity contribution < 1.29 is 31.8 Å². The van der Waals surface area contributed by atoms with Gasteiger partial charge in [-0.1, -0.05) is 0 Å². The lowest BCUT2D eigenvalue weighted by molar-refractivity contribution is 0.0697. The van der Waals surface area contributed by atoms with Crippen LogP contribution in [0.1, 0.15) is 17.3 Å². The Morgan fingerprint density at radius 2 is 1.92 bits per heavy atom. The van der Waals surface area contributed by atoms with E-state index in [4.69, 9.17) is 4.74 Å². The number of anilines is 1. The molecule has 0 atom stereocenters. The van der Waals surface area contributed by atoms with E-state index in [1.807, 2.05) is 0 Å². The summed E-state index contributed by atoms with van der Waals surface area (Å²) in [6.45, 7) is 1.40. The molecule has 0 bridgehead atoms. The van der Waals surface area contributed by atoms with E-state index in [0.717, 1.165) is 18.2 Å². The minimum Gasteiger partial charge on any atom is -0.478 e. The predicted octanol–water partition coefficient (Wildman–Crippen LogP) is 3.98. The third-order valence-corrected chi connectivity index (χ3v) is 4.97. The van der Waals surface area contributed by atoms with Crippen LogP contribution in [0.25, 0.3) is 0 Å². The molecule has 2 N–H and O–H groups in total. The molecule has 0 aliphatic heterocycles. The Balaban J connectivity index is 2.47. The lowest BCUT2D eigenvalue weighted by atomic mass is 10.1. The number of ether oxygens (including phenoxy) is 1. The Morgan fingerprint density at radius 3 is 2.48 bits per heavy atom. The zero-order valence-electron chi connectivity index (χ0n) is 12.7. The molecule has 2 aromatic rings. The van der Waals surface area contributed by atoms with E-state index in [1.54, 1.807) is 0 Å². The van der Waals surface area contributed by atoms with Gasteiger partial charge in [-0.05, 0) is 47.1 Å². The lowest BCUT2D eigenvalue weighted by Crippen LogP contribution is -2.17. The van der Waals surface area contributed by atoms with Crippen LogP contribution in [0.4, 0.5) is 14.5 Å². The molecule has 0 fully saturated rings. The molecule has 0 aromatic heterocycles. The van der Waals surface area contributed by atoms with Gasteiger partial charge in [0.15, 0.2) is 11.6 Å². The first-order chi connectivity index (χ1) is 11.6. The van der Waals surface area contributed by atoms with Crippen molar-refractivity contribution in [3.8, 4) is 11.5 Å². The number of rotatable bonds is 6. The van der Waals surface area contributed by atoms with Gasteiger partial charge in [0.2, 0.25) is 10.0 Å². The summed E-state index contributed by atoms with van der Waals surface area (Å²) in [7, 11) is -3.71. The first-order valence-corrected chi connectivity index (χ1v) is 9.27.